The van der Waals surface area contributed by atoms with E-state index in [2.05, 4.69) is 20.7 Å². The van der Waals surface area contributed by atoms with Gasteiger partial charge in [-0.05, 0) is 88.0 Å². The first-order chi connectivity index (χ1) is 13.8. The van der Waals surface area contributed by atoms with E-state index < -0.39 is 0 Å². The molecular formula is C21H28N6O2. The number of tetrazole rings is 1. The third-order valence-corrected chi connectivity index (χ3v) is 7.43. The van der Waals surface area contributed by atoms with Crippen molar-refractivity contribution in [3.8, 4) is 0 Å². The van der Waals surface area contributed by atoms with Crippen molar-refractivity contribution in [2.24, 2.45) is 11.8 Å². The number of pyridine rings is 1. The Morgan fingerprint density at radius 1 is 1.24 bits per heavy atom. The van der Waals surface area contributed by atoms with Gasteiger partial charge in [0.05, 0.1) is 5.54 Å². The van der Waals surface area contributed by atoms with E-state index in [0.29, 0.717) is 18.4 Å². The summed E-state index contributed by atoms with van der Waals surface area (Å²) in [4.78, 5) is 28.1. The van der Waals surface area contributed by atoms with Crippen LogP contribution in [-0.4, -0.2) is 36.2 Å². The van der Waals surface area contributed by atoms with Crippen molar-refractivity contribution in [1.29, 1.82) is 0 Å². The van der Waals surface area contributed by atoms with E-state index in [1.807, 2.05) is 26.8 Å². The van der Waals surface area contributed by atoms with Gasteiger partial charge < -0.3 is 9.88 Å². The fourth-order valence-corrected chi connectivity index (χ4v) is 6.88. The monoisotopic (exact) mass is 396 g/mol. The van der Waals surface area contributed by atoms with Gasteiger partial charge in [0, 0.05) is 17.8 Å². The Morgan fingerprint density at radius 2 is 1.97 bits per heavy atom. The lowest BCUT2D eigenvalue weighted by molar-refractivity contribution is -0.0810. The van der Waals surface area contributed by atoms with Gasteiger partial charge in [0.1, 0.15) is 5.56 Å². The second-order valence-electron chi connectivity index (χ2n) is 9.54. The maximum atomic E-state index is 13.4. The molecule has 1 amide bonds. The quantitative estimate of drug-likeness (QED) is 0.852. The molecule has 4 bridgehead atoms. The minimum atomic E-state index is -0.296. The summed E-state index contributed by atoms with van der Waals surface area (Å²) in [5, 5.41) is 15.9. The largest absolute Gasteiger partial charge is 0.346 e. The van der Waals surface area contributed by atoms with Crippen LogP contribution < -0.4 is 10.9 Å². The molecule has 0 aromatic carbocycles. The molecule has 0 saturated heterocycles. The van der Waals surface area contributed by atoms with Crippen molar-refractivity contribution in [3.05, 3.63) is 39.6 Å². The molecule has 2 heterocycles. The number of carbonyl (C=O) groups excluding carboxylic acids is 1. The maximum Gasteiger partial charge on any atom is 0.263 e. The number of aromatic nitrogens is 5. The lowest BCUT2D eigenvalue weighted by atomic mass is 9.50. The molecule has 0 spiro atoms. The van der Waals surface area contributed by atoms with Crippen LogP contribution in [0.5, 0.6) is 0 Å². The maximum absolute atomic E-state index is 13.4. The van der Waals surface area contributed by atoms with Gasteiger partial charge >= 0.3 is 0 Å². The molecule has 0 aliphatic heterocycles. The van der Waals surface area contributed by atoms with E-state index >= 15 is 0 Å². The Balaban J connectivity index is 1.50. The molecule has 154 valence electrons. The summed E-state index contributed by atoms with van der Waals surface area (Å²) in [5.41, 5.74) is 1.25. The van der Waals surface area contributed by atoms with Crippen LogP contribution in [0.15, 0.2) is 17.2 Å². The molecule has 2 aromatic rings. The number of nitrogens with zero attached hydrogens (tertiary/aromatic N) is 5. The minimum absolute atomic E-state index is 0.167. The highest BCUT2D eigenvalue weighted by Gasteiger charge is 2.60. The van der Waals surface area contributed by atoms with E-state index in [4.69, 9.17) is 0 Å². The topological polar surface area (TPSA) is 94.7 Å². The van der Waals surface area contributed by atoms with Crippen LogP contribution in [-0.2, 0) is 12.1 Å². The SMILES string of the molecule is CCn1c(C)cc(C)c(C(=O)NC23CC4CC(C2)CC(n2ncnn2)(C4)C3)c1=O. The number of hydrogen-bond acceptors (Lipinski definition) is 5. The summed E-state index contributed by atoms with van der Waals surface area (Å²) in [6, 6.07) is 1.93. The fourth-order valence-electron chi connectivity index (χ4n) is 6.88. The van der Waals surface area contributed by atoms with Crippen LogP contribution in [0.3, 0.4) is 0 Å². The van der Waals surface area contributed by atoms with Crippen molar-refractivity contribution in [2.45, 2.75) is 76.9 Å². The van der Waals surface area contributed by atoms with Crippen LogP contribution in [0.2, 0.25) is 0 Å². The van der Waals surface area contributed by atoms with Crippen molar-refractivity contribution < 1.29 is 4.79 Å². The second kappa shape index (κ2) is 6.24. The van der Waals surface area contributed by atoms with Gasteiger partial charge in [-0.3, -0.25) is 9.59 Å². The standard InChI is InChI=1S/C21H28N6O2/c1-4-26-14(3)5-13(2)17(19(26)29)18(28)24-20-7-15-6-16(8-20)10-21(9-15,11-20)27-23-12-22-25-27/h5,12,15-16H,4,6-11H2,1-3H3,(H,24,28). The molecule has 29 heavy (non-hydrogen) atoms. The number of carbonyl (C=O) groups is 1. The highest BCUT2D eigenvalue weighted by molar-refractivity contribution is 5.95. The lowest BCUT2D eigenvalue weighted by Gasteiger charge is -2.61. The van der Waals surface area contributed by atoms with E-state index in [-0.39, 0.29) is 28.1 Å². The van der Waals surface area contributed by atoms with Gasteiger partial charge in [-0.15, -0.1) is 10.2 Å². The van der Waals surface area contributed by atoms with Gasteiger partial charge in [0.25, 0.3) is 11.5 Å². The first-order valence-electron chi connectivity index (χ1n) is 10.6. The molecule has 0 radical (unpaired) electrons. The summed E-state index contributed by atoms with van der Waals surface area (Å²) < 4.78 is 1.67. The fraction of sp³-hybridized carbons (Fsp3) is 0.667. The normalized spacial score (nSPS) is 32.5. The number of hydrogen-bond donors (Lipinski definition) is 1. The van der Waals surface area contributed by atoms with E-state index in [1.54, 1.807) is 9.36 Å². The number of rotatable bonds is 4. The van der Waals surface area contributed by atoms with Gasteiger partial charge in [-0.25, -0.2) is 0 Å². The molecule has 4 aliphatic rings. The smallest absolute Gasteiger partial charge is 0.263 e. The summed E-state index contributed by atoms with van der Waals surface area (Å²) in [5.74, 6) is 0.862. The Bertz CT molecular complexity index is 1010. The molecule has 6 rings (SSSR count). The molecule has 2 unspecified atom stereocenters. The predicted octanol–water partition coefficient (Wildman–Crippen LogP) is 1.95. The van der Waals surface area contributed by atoms with Crippen molar-refractivity contribution in [3.63, 3.8) is 0 Å². The van der Waals surface area contributed by atoms with E-state index in [0.717, 1.165) is 43.4 Å². The first-order valence-corrected chi connectivity index (χ1v) is 10.6. The van der Waals surface area contributed by atoms with Crippen molar-refractivity contribution in [2.75, 3.05) is 0 Å². The molecule has 1 N–H and O–H groups in total. The number of aryl methyl sites for hydroxylation is 2. The zero-order valence-electron chi connectivity index (χ0n) is 17.3. The van der Waals surface area contributed by atoms with Crippen molar-refractivity contribution >= 4 is 5.91 Å². The Kier molecular flexibility index (Phi) is 3.98. The highest BCUT2D eigenvalue weighted by atomic mass is 16.2. The summed E-state index contributed by atoms with van der Waals surface area (Å²) in [7, 11) is 0. The number of amides is 1. The Labute approximate surface area is 169 Å². The zero-order chi connectivity index (χ0) is 20.4. The third kappa shape index (κ3) is 2.75. The minimum Gasteiger partial charge on any atom is -0.346 e. The first kappa shape index (κ1) is 18.5. The number of nitrogens with one attached hydrogen (secondary N) is 1. The Morgan fingerprint density at radius 3 is 2.59 bits per heavy atom. The van der Waals surface area contributed by atoms with Gasteiger partial charge in [-0.2, -0.15) is 4.80 Å². The molecule has 8 nitrogen and oxygen atoms in total. The van der Waals surface area contributed by atoms with Crippen LogP contribution >= 0.6 is 0 Å². The van der Waals surface area contributed by atoms with Crippen molar-refractivity contribution in [1.82, 2.24) is 30.1 Å². The molecule has 4 aliphatic carbocycles. The highest BCUT2D eigenvalue weighted by Crippen LogP contribution is 2.60. The molecule has 8 heteroatoms. The second-order valence-corrected chi connectivity index (χ2v) is 9.54. The van der Waals surface area contributed by atoms with E-state index in [1.165, 1.54) is 12.7 Å². The van der Waals surface area contributed by atoms with E-state index in [9.17, 15) is 9.59 Å². The molecule has 2 atom stereocenters. The van der Waals surface area contributed by atoms with Crippen LogP contribution in [0.4, 0.5) is 0 Å². The summed E-state index contributed by atoms with van der Waals surface area (Å²) >= 11 is 0. The molecule has 4 fully saturated rings. The average molecular weight is 396 g/mol. The molecular weight excluding hydrogens is 368 g/mol. The van der Waals surface area contributed by atoms with Gasteiger partial charge in [-0.1, -0.05) is 0 Å². The average Bonchev–Trinajstić information content (AvgIpc) is 3.15. The van der Waals surface area contributed by atoms with Crippen LogP contribution in [0.25, 0.3) is 0 Å². The lowest BCUT2D eigenvalue weighted by Crippen LogP contribution is -2.66. The molecule has 4 saturated carbocycles. The van der Waals surface area contributed by atoms with Crippen LogP contribution in [0.1, 0.15) is 67.1 Å². The summed E-state index contributed by atoms with van der Waals surface area (Å²) in [6.45, 7) is 6.25. The van der Waals surface area contributed by atoms with Gasteiger partial charge in [0.2, 0.25) is 0 Å². The zero-order valence-corrected chi connectivity index (χ0v) is 17.3. The van der Waals surface area contributed by atoms with Gasteiger partial charge in [0.15, 0.2) is 6.33 Å². The summed E-state index contributed by atoms with van der Waals surface area (Å²) in [6.07, 6.45) is 7.54. The predicted molar refractivity (Wildman–Crippen MR) is 107 cm³/mol. The Hall–Kier alpha value is -2.51. The molecule has 2 aromatic heterocycles. The van der Waals surface area contributed by atoms with Crippen LogP contribution in [0, 0.1) is 25.7 Å². The third-order valence-electron chi connectivity index (χ3n) is 7.43.